The van der Waals surface area contributed by atoms with E-state index in [0.717, 1.165) is 18.4 Å². The molecule has 2 aromatic rings. The van der Waals surface area contributed by atoms with Gasteiger partial charge in [0.05, 0.1) is 6.26 Å². The number of likely N-dealkylation sites (tertiary alicyclic amines) is 1. The fraction of sp³-hybridized carbons (Fsp3) is 0.409. The predicted molar refractivity (Wildman–Crippen MR) is 108 cm³/mol. The standard InChI is InChI=1S/C22H25N3O4/c1-14-4-7-17(23-20(26)15-5-6-15)13-18(14)24-21(27)16-8-10-25(11-9-16)22(28)19-3-2-12-29-19/h2-4,7,12-13,15-16H,5-6,8-11H2,1H3,(H,23,26)(H,24,27). The molecule has 2 N–H and O–H groups in total. The van der Waals surface area contributed by atoms with Gasteiger partial charge >= 0.3 is 0 Å². The maximum Gasteiger partial charge on any atom is 0.289 e. The van der Waals surface area contributed by atoms with Crippen LogP contribution in [0.3, 0.4) is 0 Å². The molecule has 152 valence electrons. The largest absolute Gasteiger partial charge is 0.459 e. The molecule has 1 aliphatic carbocycles. The van der Waals surface area contributed by atoms with E-state index in [9.17, 15) is 14.4 Å². The zero-order valence-electron chi connectivity index (χ0n) is 16.4. The average Bonchev–Trinajstić information content (AvgIpc) is 3.44. The normalized spacial score (nSPS) is 17.1. The van der Waals surface area contributed by atoms with Crippen LogP contribution in [0.1, 0.15) is 41.8 Å². The highest BCUT2D eigenvalue weighted by Gasteiger charge is 2.30. The Bertz CT molecular complexity index is 910. The molecule has 1 saturated heterocycles. The molecule has 1 saturated carbocycles. The molecule has 2 heterocycles. The molecule has 1 aromatic heterocycles. The number of hydrogen-bond acceptors (Lipinski definition) is 4. The first-order valence-corrected chi connectivity index (χ1v) is 10.1. The molecule has 7 heteroatoms. The van der Waals surface area contributed by atoms with Crippen molar-refractivity contribution in [3.05, 3.63) is 47.9 Å². The smallest absolute Gasteiger partial charge is 0.289 e. The Morgan fingerprint density at radius 3 is 2.31 bits per heavy atom. The summed E-state index contributed by atoms with van der Waals surface area (Å²) in [4.78, 5) is 38.8. The van der Waals surface area contributed by atoms with E-state index in [1.165, 1.54) is 6.26 Å². The van der Waals surface area contributed by atoms with E-state index in [1.54, 1.807) is 17.0 Å². The second-order valence-electron chi connectivity index (χ2n) is 7.83. The third-order valence-corrected chi connectivity index (χ3v) is 5.60. The summed E-state index contributed by atoms with van der Waals surface area (Å²) in [6.07, 6.45) is 4.59. The van der Waals surface area contributed by atoms with Gasteiger partial charge in [0.2, 0.25) is 11.8 Å². The quantitative estimate of drug-likeness (QED) is 0.811. The van der Waals surface area contributed by atoms with E-state index in [4.69, 9.17) is 4.42 Å². The lowest BCUT2D eigenvalue weighted by atomic mass is 9.95. The molecule has 0 unspecified atom stereocenters. The predicted octanol–water partition coefficient (Wildman–Crippen LogP) is 3.43. The van der Waals surface area contributed by atoms with Crippen LogP contribution in [0.2, 0.25) is 0 Å². The van der Waals surface area contributed by atoms with Gasteiger partial charge in [-0.25, -0.2) is 0 Å². The number of rotatable bonds is 5. The summed E-state index contributed by atoms with van der Waals surface area (Å²) >= 11 is 0. The van der Waals surface area contributed by atoms with Crippen LogP contribution in [-0.2, 0) is 9.59 Å². The summed E-state index contributed by atoms with van der Waals surface area (Å²) in [6.45, 7) is 2.97. The van der Waals surface area contributed by atoms with Gasteiger partial charge in [-0.05, 0) is 62.4 Å². The van der Waals surface area contributed by atoms with E-state index in [0.29, 0.717) is 43.1 Å². The van der Waals surface area contributed by atoms with Crippen LogP contribution in [0.15, 0.2) is 41.0 Å². The Labute approximate surface area is 169 Å². The summed E-state index contributed by atoms with van der Waals surface area (Å²) in [5, 5.41) is 5.91. The van der Waals surface area contributed by atoms with Gasteiger partial charge < -0.3 is 20.0 Å². The number of piperidine rings is 1. The first-order valence-electron chi connectivity index (χ1n) is 10.1. The van der Waals surface area contributed by atoms with E-state index >= 15 is 0 Å². The number of furan rings is 1. The second-order valence-corrected chi connectivity index (χ2v) is 7.83. The van der Waals surface area contributed by atoms with Gasteiger partial charge in [-0.1, -0.05) is 6.07 Å². The molecule has 1 aromatic carbocycles. The topological polar surface area (TPSA) is 91.7 Å². The molecule has 29 heavy (non-hydrogen) atoms. The fourth-order valence-corrected chi connectivity index (χ4v) is 3.56. The van der Waals surface area contributed by atoms with Gasteiger partial charge in [0.1, 0.15) is 0 Å². The molecule has 0 radical (unpaired) electrons. The van der Waals surface area contributed by atoms with Gasteiger partial charge in [0.15, 0.2) is 5.76 Å². The Morgan fingerprint density at radius 2 is 1.66 bits per heavy atom. The van der Waals surface area contributed by atoms with E-state index < -0.39 is 0 Å². The average molecular weight is 395 g/mol. The number of aryl methyl sites for hydroxylation is 1. The number of anilines is 2. The van der Waals surface area contributed by atoms with Gasteiger partial charge in [0.25, 0.3) is 5.91 Å². The minimum absolute atomic E-state index is 0.0414. The number of nitrogens with one attached hydrogen (secondary N) is 2. The van der Waals surface area contributed by atoms with Crippen LogP contribution in [0.5, 0.6) is 0 Å². The van der Waals surface area contributed by atoms with E-state index in [1.807, 2.05) is 25.1 Å². The molecule has 7 nitrogen and oxygen atoms in total. The van der Waals surface area contributed by atoms with E-state index in [-0.39, 0.29) is 29.6 Å². The van der Waals surface area contributed by atoms with Crippen molar-refractivity contribution in [2.45, 2.75) is 32.6 Å². The Morgan fingerprint density at radius 1 is 0.966 bits per heavy atom. The Balaban J connectivity index is 1.33. The molecule has 0 bridgehead atoms. The highest BCUT2D eigenvalue weighted by molar-refractivity contribution is 5.97. The van der Waals surface area contributed by atoms with Crippen LogP contribution in [0, 0.1) is 18.8 Å². The van der Waals surface area contributed by atoms with Crippen molar-refractivity contribution in [2.75, 3.05) is 23.7 Å². The molecular weight excluding hydrogens is 370 g/mol. The third kappa shape index (κ3) is 4.50. The van der Waals surface area contributed by atoms with E-state index in [2.05, 4.69) is 10.6 Å². The first-order chi connectivity index (χ1) is 14.0. The number of carbonyl (C=O) groups is 3. The minimum atomic E-state index is -0.153. The maximum atomic E-state index is 12.8. The molecule has 4 rings (SSSR count). The molecule has 2 aliphatic rings. The van der Waals surface area contributed by atoms with Crippen molar-refractivity contribution in [3.63, 3.8) is 0 Å². The molecule has 0 atom stereocenters. The second kappa shape index (κ2) is 8.11. The summed E-state index contributed by atoms with van der Waals surface area (Å²) in [7, 11) is 0. The van der Waals surface area contributed by atoms with Crippen LogP contribution in [0.25, 0.3) is 0 Å². The van der Waals surface area contributed by atoms with Gasteiger partial charge in [0, 0.05) is 36.3 Å². The van der Waals surface area contributed by atoms with Crippen molar-refractivity contribution >= 4 is 29.1 Å². The number of amides is 3. The maximum absolute atomic E-state index is 12.8. The third-order valence-electron chi connectivity index (χ3n) is 5.60. The lowest BCUT2D eigenvalue weighted by molar-refractivity contribution is -0.121. The lowest BCUT2D eigenvalue weighted by Gasteiger charge is -2.30. The SMILES string of the molecule is Cc1ccc(NC(=O)C2CC2)cc1NC(=O)C1CCN(C(=O)c2ccco2)CC1. The summed E-state index contributed by atoms with van der Waals surface area (Å²) < 4.78 is 5.17. The molecule has 3 amide bonds. The van der Waals surface area contributed by atoms with Crippen molar-refractivity contribution in [3.8, 4) is 0 Å². The van der Waals surface area contributed by atoms with Crippen LogP contribution >= 0.6 is 0 Å². The Hall–Kier alpha value is -3.09. The van der Waals surface area contributed by atoms with Crippen molar-refractivity contribution in [2.24, 2.45) is 11.8 Å². The minimum Gasteiger partial charge on any atom is -0.459 e. The summed E-state index contributed by atoms with van der Waals surface area (Å²) in [5.41, 5.74) is 2.34. The number of hydrogen-bond donors (Lipinski definition) is 2. The molecule has 0 spiro atoms. The van der Waals surface area contributed by atoms with Gasteiger partial charge in [-0.2, -0.15) is 0 Å². The lowest BCUT2D eigenvalue weighted by Crippen LogP contribution is -2.41. The number of benzene rings is 1. The van der Waals surface area contributed by atoms with Crippen molar-refractivity contribution < 1.29 is 18.8 Å². The molecule has 1 aliphatic heterocycles. The molecule has 2 fully saturated rings. The highest BCUT2D eigenvalue weighted by atomic mass is 16.3. The zero-order chi connectivity index (χ0) is 20.4. The van der Waals surface area contributed by atoms with Crippen molar-refractivity contribution in [1.29, 1.82) is 0 Å². The van der Waals surface area contributed by atoms with Crippen LogP contribution < -0.4 is 10.6 Å². The first kappa shape index (κ1) is 19.2. The van der Waals surface area contributed by atoms with Gasteiger partial charge in [-0.15, -0.1) is 0 Å². The Kier molecular flexibility index (Phi) is 5.38. The number of carbonyl (C=O) groups excluding carboxylic acids is 3. The monoisotopic (exact) mass is 395 g/mol. The summed E-state index contributed by atoms with van der Waals surface area (Å²) in [6, 6.07) is 8.89. The molecular formula is C22H25N3O4. The number of nitrogens with zero attached hydrogens (tertiary/aromatic N) is 1. The van der Waals surface area contributed by atoms with Crippen LogP contribution in [0.4, 0.5) is 11.4 Å². The summed E-state index contributed by atoms with van der Waals surface area (Å²) in [5.74, 6) is 0.157. The van der Waals surface area contributed by atoms with Crippen molar-refractivity contribution in [1.82, 2.24) is 4.90 Å². The fourth-order valence-electron chi connectivity index (χ4n) is 3.56. The van der Waals surface area contributed by atoms with Crippen LogP contribution in [-0.4, -0.2) is 35.7 Å². The zero-order valence-corrected chi connectivity index (χ0v) is 16.4. The highest BCUT2D eigenvalue weighted by Crippen LogP contribution is 2.31. The van der Waals surface area contributed by atoms with Gasteiger partial charge in [-0.3, -0.25) is 14.4 Å².